The lowest BCUT2D eigenvalue weighted by molar-refractivity contribution is -0.137. The average molecular weight is 302 g/mol. The number of rotatable bonds is 4. The maximum absolute atomic E-state index is 13.3. The number of pyridine rings is 1. The van der Waals surface area contributed by atoms with Gasteiger partial charge in [0.15, 0.2) is 5.78 Å². The molecule has 0 spiro atoms. The van der Waals surface area contributed by atoms with Crippen LogP contribution in [0.25, 0.3) is 0 Å². The lowest BCUT2D eigenvalue weighted by atomic mass is 10.2. The molecule has 1 heterocycles. The van der Waals surface area contributed by atoms with E-state index >= 15 is 0 Å². The summed E-state index contributed by atoms with van der Waals surface area (Å²) in [5.41, 5.74) is -0.215. The van der Waals surface area contributed by atoms with Gasteiger partial charge in [-0.2, -0.15) is 4.39 Å². The molecule has 1 rings (SSSR count). The molecule has 0 fully saturated rings. The average Bonchev–Trinajstić information content (AvgIpc) is 2.26. The molecular weight excluding hydrogens is 293 g/mol. The van der Waals surface area contributed by atoms with Crippen LogP contribution in [0, 0.1) is 5.95 Å². The van der Waals surface area contributed by atoms with Gasteiger partial charge in [0.05, 0.1) is 12.2 Å². The Labute approximate surface area is 106 Å². The summed E-state index contributed by atoms with van der Waals surface area (Å²) < 4.78 is 18.1. The molecule has 0 aliphatic heterocycles. The van der Waals surface area contributed by atoms with E-state index in [2.05, 4.69) is 25.7 Å². The number of carbonyl (C=O) groups excluding carboxylic acids is 2. The van der Waals surface area contributed by atoms with Gasteiger partial charge in [-0.25, -0.2) is 9.78 Å². The second-order valence-corrected chi connectivity index (χ2v) is 3.76. The Kier molecular flexibility index (Phi) is 4.96. The fraction of sp³-hybridized carbons (Fsp3) is 0.182. The van der Waals surface area contributed by atoms with Gasteiger partial charge in [-0.15, -0.1) is 0 Å². The van der Waals surface area contributed by atoms with Gasteiger partial charge in [0.1, 0.15) is 0 Å². The van der Waals surface area contributed by atoms with Crippen molar-refractivity contribution >= 4 is 27.7 Å². The van der Waals surface area contributed by atoms with Crippen molar-refractivity contribution in [2.24, 2.45) is 0 Å². The molecule has 0 amide bonds. The largest absolute Gasteiger partial charge is 0.463 e. The van der Waals surface area contributed by atoms with Crippen LogP contribution in [0.3, 0.4) is 0 Å². The highest BCUT2D eigenvalue weighted by atomic mass is 79.9. The summed E-state index contributed by atoms with van der Waals surface area (Å²) in [4.78, 5) is 25.9. The Morgan fingerprint density at radius 3 is 2.82 bits per heavy atom. The Morgan fingerprint density at radius 2 is 2.24 bits per heavy atom. The molecule has 0 atom stereocenters. The smallest absolute Gasteiger partial charge is 0.330 e. The van der Waals surface area contributed by atoms with Crippen molar-refractivity contribution in [2.75, 3.05) is 6.61 Å². The summed E-state index contributed by atoms with van der Waals surface area (Å²) in [6.45, 7) is 1.85. The topological polar surface area (TPSA) is 56.3 Å². The third kappa shape index (κ3) is 3.74. The van der Waals surface area contributed by atoms with Gasteiger partial charge in [0, 0.05) is 16.7 Å². The third-order valence-corrected chi connectivity index (χ3v) is 2.42. The molecule has 0 unspecified atom stereocenters. The molecule has 17 heavy (non-hydrogen) atoms. The number of ketones is 1. The molecule has 1 aromatic rings. The molecule has 0 radical (unpaired) electrons. The summed E-state index contributed by atoms with van der Waals surface area (Å²) in [6, 6.07) is 1.44. The van der Waals surface area contributed by atoms with Crippen LogP contribution in [0.4, 0.5) is 4.39 Å². The normalized spacial score (nSPS) is 10.5. The lowest BCUT2D eigenvalue weighted by Gasteiger charge is -2.00. The molecule has 90 valence electrons. The van der Waals surface area contributed by atoms with E-state index in [1.54, 1.807) is 6.92 Å². The SMILES string of the molecule is CCOC(=O)/C=C/C(=O)c1c(Br)ccnc1F. The number of halogens is 2. The van der Waals surface area contributed by atoms with E-state index in [9.17, 15) is 14.0 Å². The van der Waals surface area contributed by atoms with Gasteiger partial charge in [-0.1, -0.05) is 0 Å². The number of ether oxygens (including phenoxy) is 1. The maximum atomic E-state index is 13.3. The van der Waals surface area contributed by atoms with Gasteiger partial charge in [0.25, 0.3) is 0 Å². The summed E-state index contributed by atoms with van der Waals surface area (Å²) in [5, 5.41) is 0. The predicted octanol–water partition coefficient (Wildman–Crippen LogP) is 2.29. The number of hydrogen-bond donors (Lipinski definition) is 0. The van der Waals surface area contributed by atoms with Crippen LogP contribution in [0.2, 0.25) is 0 Å². The van der Waals surface area contributed by atoms with Crippen LogP contribution in [0.1, 0.15) is 17.3 Å². The highest BCUT2D eigenvalue weighted by Gasteiger charge is 2.14. The van der Waals surface area contributed by atoms with Crippen molar-refractivity contribution in [3.63, 3.8) is 0 Å². The maximum Gasteiger partial charge on any atom is 0.330 e. The summed E-state index contributed by atoms with van der Waals surface area (Å²) >= 11 is 3.03. The Hall–Kier alpha value is -1.56. The van der Waals surface area contributed by atoms with Crippen molar-refractivity contribution < 1.29 is 18.7 Å². The van der Waals surface area contributed by atoms with Crippen LogP contribution in [0.5, 0.6) is 0 Å². The molecule has 0 saturated heterocycles. The van der Waals surface area contributed by atoms with Crippen molar-refractivity contribution in [3.05, 3.63) is 40.4 Å². The third-order valence-electron chi connectivity index (χ3n) is 1.76. The summed E-state index contributed by atoms with van der Waals surface area (Å²) in [7, 11) is 0. The molecule has 0 aliphatic carbocycles. The first-order chi connectivity index (χ1) is 8.06. The second-order valence-electron chi connectivity index (χ2n) is 2.91. The first-order valence-corrected chi connectivity index (χ1v) is 5.54. The van der Waals surface area contributed by atoms with Crippen molar-refractivity contribution in [1.82, 2.24) is 4.98 Å². The first kappa shape index (κ1) is 13.5. The molecule has 0 N–H and O–H groups in total. The molecule has 0 aromatic carbocycles. The Morgan fingerprint density at radius 1 is 1.53 bits per heavy atom. The van der Waals surface area contributed by atoms with Gasteiger partial charge in [-0.05, 0) is 35.0 Å². The summed E-state index contributed by atoms with van der Waals surface area (Å²) in [5.74, 6) is -2.20. The lowest BCUT2D eigenvalue weighted by Crippen LogP contribution is -2.05. The minimum Gasteiger partial charge on any atom is -0.463 e. The van der Waals surface area contributed by atoms with Crippen molar-refractivity contribution in [3.8, 4) is 0 Å². The molecule has 0 aliphatic rings. The highest BCUT2D eigenvalue weighted by Crippen LogP contribution is 2.18. The number of hydrogen-bond acceptors (Lipinski definition) is 4. The fourth-order valence-electron chi connectivity index (χ4n) is 1.05. The zero-order valence-corrected chi connectivity index (χ0v) is 10.5. The standard InChI is InChI=1S/C11H9BrFNO3/c1-2-17-9(16)4-3-8(15)10-7(12)5-6-14-11(10)13/h3-6H,2H2,1H3/b4-3+. The van der Waals surface area contributed by atoms with E-state index in [1.165, 1.54) is 12.3 Å². The number of aromatic nitrogens is 1. The number of esters is 1. The second kappa shape index (κ2) is 6.24. The van der Waals surface area contributed by atoms with E-state index in [0.29, 0.717) is 0 Å². The van der Waals surface area contributed by atoms with Gasteiger partial charge >= 0.3 is 5.97 Å². The van der Waals surface area contributed by atoms with Gasteiger partial charge in [0.2, 0.25) is 5.95 Å². The minimum atomic E-state index is -0.891. The minimum absolute atomic E-state index is 0.211. The predicted molar refractivity (Wildman–Crippen MR) is 62.0 cm³/mol. The molecular formula is C11H9BrFNO3. The molecule has 4 nitrogen and oxygen atoms in total. The van der Waals surface area contributed by atoms with Crippen LogP contribution in [-0.4, -0.2) is 23.3 Å². The van der Waals surface area contributed by atoms with Crippen molar-refractivity contribution in [1.29, 1.82) is 0 Å². The molecule has 0 bridgehead atoms. The molecule has 1 aromatic heterocycles. The molecule has 6 heteroatoms. The van der Waals surface area contributed by atoms with E-state index in [0.717, 1.165) is 12.2 Å². The highest BCUT2D eigenvalue weighted by molar-refractivity contribution is 9.10. The van der Waals surface area contributed by atoms with E-state index in [4.69, 9.17) is 0 Å². The van der Waals surface area contributed by atoms with Crippen LogP contribution < -0.4 is 0 Å². The Balaban J connectivity index is 2.87. The fourth-order valence-corrected chi connectivity index (χ4v) is 1.53. The quantitative estimate of drug-likeness (QED) is 0.370. The number of nitrogens with zero attached hydrogens (tertiary/aromatic N) is 1. The van der Waals surface area contributed by atoms with E-state index in [-0.39, 0.29) is 16.6 Å². The molecule has 0 saturated carbocycles. The van der Waals surface area contributed by atoms with Crippen LogP contribution in [0.15, 0.2) is 28.9 Å². The van der Waals surface area contributed by atoms with Crippen molar-refractivity contribution in [2.45, 2.75) is 6.92 Å². The van der Waals surface area contributed by atoms with Gasteiger partial charge < -0.3 is 4.74 Å². The Bertz CT molecular complexity index is 454. The van der Waals surface area contributed by atoms with Gasteiger partial charge in [-0.3, -0.25) is 4.79 Å². The van der Waals surface area contributed by atoms with E-state index < -0.39 is 17.7 Å². The van der Waals surface area contributed by atoms with Crippen LogP contribution >= 0.6 is 15.9 Å². The van der Waals surface area contributed by atoms with Crippen LogP contribution in [-0.2, 0) is 9.53 Å². The zero-order chi connectivity index (χ0) is 12.8. The zero-order valence-electron chi connectivity index (χ0n) is 8.94. The number of carbonyl (C=O) groups is 2. The van der Waals surface area contributed by atoms with E-state index in [1.807, 2.05) is 0 Å². The summed E-state index contributed by atoms with van der Waals surface area (Å²) in [6.07, 6.45) is 3.12. The number of allylic oxidation sites excluding steroid dienone is 1. The first-order valence-electron chi connectivity index (χ1n) is 4.75. The monoisotopic (exact) mass is 301 g/mol.